The van der Waals surface area contributed by atoms with Gasteiger partial charge >= 0.3 is 0 Å². The average Bonchev–Trinajstić information content (AvgIpc) is 2.44. The van der Waals surface area contributed by atoms with Gasteiger partial charge in [0.05, 0.1) is 12.5 Å². The quantitative estimate of drug-likeness (QED) is 0.721. The smallest absolute Gasteiger partial charge is 0.187 e. The Hall–Kier alpha value is -1.31. The SMILES string of the molecule is C=C1CC[C@H]2C(C)(C)CCC[C@]2(C)[C@H]1Cc1coccc1=O. The van der Waals surface area contributed by atoms with Crippen LogP contribution in [-0.4, -0.2) is 0 Å². The van der Waals surface area contributed by atoms with Crippen molar-refractivity contribution in [1.82, 2.24) is 0 Å². The van der Waals surface area contributed by atoms with Gasteiger partial charge in [-0.2, -0.15) is 0 Å². The van der Waals surface area contributed by atoms with Crippen LogP contribution in [0.3, 0.4) is 0 Å². The predicted molar refractivity (Wildman–Crippen MR) is 89.8 cm³/mol. The summed E-state index contributed by atoms with van der Waals surface area (Å²) in [6.07, 6.45) is 10.1. The van der Waals surface area contributed by atoms with E-state index in [0.717, 1.165) is 24.3 Å². The second-order valence-corrected chi connectivity index (χ2v) is 8.30. The first-order chi connectivity index (χ1) is 10.3. The number of hydrogen-bond acceptors (Lipinski definition) is 2. The molecule has 22 heavy (non-hydrogen) atoms. The summed E-state index contributed by atoms with van der Waals surface area (Å²) < 4.78 is 5.25. The summed E-state index contributed by atoms with van der Waals surface area (Å²) in [5, 5.41) is 0. The molecule has 1 heterocycles. The van der Waals surface area contributed by atoms with Gasteiger partial charge in [-0.3, -0.25) is 4.79 Å². The minimum atomic E-state index is 0.0971. The van der Waals surface area contributed by atoms with Gasteiger partial charge in [-0.1, -0.05) is 39.3 Å². The topological polar surface area (TPSA) is 30.2 Å². The van der Waals surface area contributed by atoms with E-state index in [1.54, 1.807) is 6.26 Å². The zero-order valence-electron chi connectivity index (χ0n) is 14.2. The zero-order chi connectivity index (χ0) is 16.0. The van der Waals surface area contributed by atoms with Gasteiger partial charge in [0, 0.05) is 11.6 Å². The maximum atomic E-state index is 12.1. The molecule has 3 atom stereocenters. The monoisotopic (exact) mass is 300 g/mol. The highest BCUT2D eigenvalue weighted by molar-refractivity contribution is 5.20. The molecule has 1 aromatic rings. The Kier molecular flexibility index (Phi) is 3.82. The van der Waals surface area contributed by atoms with E-state index in [1.165, 1.54) is 43.6 Å². The third-order valence-electron chi connectivity index (χ3n) is 6.57. The summed E-state index contributed by atoms with van der Waals surface area (Å²) in [5.74, 6) is 1.12. The fourth-order valence-electron chi connectivity index (χ4n) is 5.41. The van der Waals surface area contributed by atoms with Gasteiger partial charge in [0.15, 0.2) is 5.43 Å². The van der Waals surface area contributed by atoms with Crippen molar-refractivity contribution < 1.29 is 4.42 Å². The van der Waals surface area contributed by atoms with E-state index in [2.05, 4.69) is 27.4 Å². The largest absolute Gasteiger partial charge is 0.472 e. The molecular formula is C20H28O2. The van der Waals surface area contributed by atoms with Crippen LogP contribution >= 0.6 is 0 Å². The number of allylic oxidation sites excluding steroid dienone is 1. The molecule has 0 aliphatic heterocycles. The van der Waals surface area contributed by atoms with Crippen LogP contribution in [0.2, 0.25) is 0 Å². The van der Waals surface area contributed by atoms with E-state index in [9.17, 15) is 4.79 Å². The van der Waals surface area contributed by atoms with Crippen LogP contribution in [0, 0.1) is 22.7 Å². The molecule has 0 N–H and O–H groups in total. The van der Waals surface area contributed by atoms with Crippen molar-refractivity contribution in [3.8, 4) is 0 Å². The maximum absolute atomic E-state index is 12.1. The van der Waals surface area contributed by atoms with Gasteiger partial charge in [-0.25, -0.2) is 0 Å². The van der Waals surface area contributed by atoms with Crippen molar-refractivity contribution >= 4 is 0 Å². The van der Waals surface area contributed by atoms with Crippen LogP contribution in [0.4, 0.5) is 0 Å². The molecule has 0 unspecified atom stereocenters. The van der Waals surface area contributed by atoms with Crippen molar-refractivity contribution in [2.75, 3.05) is 0 Å². The zero-order valence-corrected chi connectivity index (χ0v) is 14.2. The number of rotatable bonds is 2. The Bertz CT molecular complexity index is 625. The molecule has 2 aliphatic carbocycles. The van der Waals surface area contributed by atoms with Gasteiger partial charge in [0.25, 0.3) is 0 Å². The molecule has 0 saturated heterocycles. The van der Waals surface area contributed by atoms with Crippen molar-refractivity contribution in [3.05, 3.63) is 46.5 Å². The molecule has 0 aromatic carbocycles. The highest BCUT2D eigenvalue weighted by atomic mass is 16.3. The molecule has 2 fully saturated rings. The Morgan fingerprint density at radius 1 is 1.32 bits per heavy atom. The third-order valence-corrected chi connectivity index (χ3v) is 6.57. The first-order valence-electron chi connectivity index (χ1n) is 8.58. The standard InChI is InChI=1S/C20H28O2/c1-14-6-7-18-19(2,3)9-5-10-20(18,4)16(14)12-15-13-22-11-8-17(15)21/h8,11,13,16,18H,1,5-7,9-10,12H2,2-4H3/t16-,18-,20+/m0/s1. The lowest BCUT2D eigenvalue weighted by molar-refractivity contribution is -0.0518. The van der Waals surface area contributed by atoms with Crippen LogP contribution in [0.15, 0.2) is 40.0 Å². The van der Waals surface area contributed by atoms with Gasteiger partial charge in [-0.05, 0) is 54.8 Å². The second kappa shape index (κ2) is 5.40. The predicted octanol–water partition coefficient (Wildman–Crippen LogP) is 4.98. The van der Waals surface area contributed by atoms with E-state index in [0.29, 0.717) is 11.3 Å². The normalized spacial score (nSPS) is 34.2. The summed E-state index contributed by atoms with van der Waals surface area (Å²) in [6.45, 7) is 11.7. The van der Waals surface area contributed by atoms with Crippen LogP contribution < -0.4 is 5.43 Å². The van der Waals surface area contributed by atoms with E-state index < -0.39 is 0 Å². The Morgan fingerprint density at radius 3 is 2.82 bits per heavy atom. The average molecular weight is 300 g/mol. The Morgan fingerprint density at radius 2 is 2.09 bits per heavy atom. The molecule has 120 valence electrons. The first-order valence-corrected chi connectivity index (χ1v) is 8.58. The molecule has 0 radical (unpaired) electrons. The van der Waals surface area contributed by atoms with Gasteiger partial charge < -0.3 is 4.42 Å². The van der Waals surface area contributed by atoms with E-state index in [4.69, 9.17) is 4.42 Å². The van der Waals surface area contributed by atoms with E-state index >= 15 is 0 Å². The minimum Gasteiger partial charge on any atom is -0.472 e. The van der Waals surface area contributed by atoms with Crippen LogP contribution in [0.1, 0.15) is 58.4 Å². The van der Waals surface area contributed by atoms with Crippen molar-refractivity contribution in [2.45, 2.75) is 59.3 Å². The summed E-state index contributed by atoms with van der Waals surface area (Å²) in [6, 6.07) is 1.53. The molecule has 0 spiro atoms. The van der Waals surface area contributed by atoms with Crippen molar-refractivity contribution in [3.63, 3.8) is 0 Å². The molecule has 0 amide bonds. The molecule has 3 rings (SSSR count). The van der Waals surface area contributed by atoms with Gasteiger partial charge in [0.1, 0.15) is 0 Å². The fraction of sp³-hybridized carbons (Fsp3) is 0.650. The van der Waals surface area contributed by atoms with Crippen LogP contribution in [-0.2, 0) is 6.42 Å². The highest BCUT2D eigenvalue weighted by Crippen LogP contribution is 2.61. The number of hydrogen-bond donors (Lipinski definition) is 0. The van der Waals surface area contributed by atoms with Crippen LogP contribution in [0.25, 0.3) is 0 Å². The van der Waals surface area contributed by atoms with E-state index in [-0.39, 0.29) is 10.8 Å². The first kappa shape index (κ1) is 15.6. The van der Waals surface area contributed by atoms with Crippen molar-refractivity contribution in [2.24, 2.45) is 22.7 Å². The Labute approximate surface area is 133 Å². The van der Waals surface area contributed by atoms with E-state index in [1.807, 2.05) is 0 Å². The van der Waals surface area contributed by atoms with Crippen molar-refractivity contribution in [1.29, 1.82) is 0 Å². The maximum Gasteiger partial charge on any atom is 0.187 e. The summed E-state index contributed by atoms with van der Waals surface area (Å²) in [4.78, 5) is 12.1. The second-order valence-electron chi connectivity index (χ2n) is 8.30. The molecule has 0 bridgehead atoms. The molecular weight excluding hydrogens is 272 g/mol. The third kappa shape index (κ3) is 2.47. The fourth-order valence-corrected chi connectivity index (χ4v) is 5.41. The summed E-state index contributed by atoms with van der Waals surface area (Å²) in [7, 11) is 0. The van der Waals surface area contributed by atoms with Crippen LogP contribution in [0.5, 0.6) is 0 Å². The highest BCUT2D eigenvalue weighted by Gasteiger charge is 2.52. The molecule has 1 aromatic heterocycles. The molecule has 2 aliphatic rings. The lowest BCUT2D eigenvalue weighted by Gasteiger charge is -2.58. The molecule has 2 nitrogen and oxygen atoms in total. The van der Waals surface area contributed by atoms with Gasteiger partial charge in [0.2, 0.25) is 0 Å². The Balaban J connectivity index is 1.96. The minimum absolute atomic E-state index is 0.0971. The lowest BCUT2D eigenvalue weighted by atomic mass is 9.47. The summed E-state index contributed by atoms with van der Waals surface area (Å²) >= 11 is 0. The number of fused-ring (bicyclic) bond motifs is 1. The van der Waals surface area contributed by atoms with Gasteiger partial charge in [-0.15, -0.1) is 0 Å². The lowest BCUT2D eigenvalue weighted by Crippen LogP contribution is -2.50. The summed E-state index contributed by atoms with van der Waals surface area (Å²) in [5.41, 5.74) is 2.89. The molecule has 2 heteroatoms. The molecule has 2 saturated carbocycles.